The molecule has 0 bridgehead atoms. The van der Waals surface area contributed by atoms with Crippen LogP contribution >= 0.6 is 11.3 Å². The second-order valence-electron chi connectivity index (χ2n) is 8.01. The molecule has 0 aliphatic carbocycles. The van der Waals surface area contributed by atoms with E-state index in [-0.39, 0.29) is 17.6 Å². The van der Waals surface area contributed by atoms with Gasteiger partial charge in [-0.25, -0.2) is 4.39 Å². The van der Waals surface area contributed by atoms with Crippen molar-refractivity contribution in [3.63, 3.8) is 0 Å². The van der Waals surface area contributed by atoms with Crippen LogP contribution < -0.4 is 9.80 Å². The van der Waals surface area contributed by atoms with Crippen molar-refractivity contribution in [2.75, 3.05) is 49.1 Å². The van der Waals surface area contributed by atoms with Gasteiger partial charge in [-0.1, -0.05) is 11.3 Å². The molecular weight excluding hydrogens is 415 g/mol. The van der Waals surface area contributed by atoms with Crippen molar-refractivity contribution in [2.45, 2.75) is 12.8 Å². The van der Waals surface area contributed by atoms with E-state index in [4.69, 9.17) is 0 Å². The molecule has 0 saturated carbocycles. The minimum absolute atomic E-state index is 0.0745. The summed E-state index contributed by atoms with van der Waals surface area (Å²) in [6.07, 6.45) is 5.61. The Labute approximate surface area is 184 Å². The number of aromatic nitrogens is 3. The summed E-state index contributed by atoms with van der Waals surface area (Å²) in [7, 11) is 0. The van der Waals surface area contributed by atoms with E-state index in [0.717, 1.165) is 55.0 Å². The Hall–Kier alpha value is -2.94. The van der Waals surface area contributed by atoms with Crippen molar-refractivity contribution in [3.8, 4) is 5.13 Å². The van der Waals surface area contributed by atoms with Crippen LogP contribution in [0.1, 0.15) is 12.8 Å². The Bertz CT molecular complexity index is 1010. The molecule has 2 aromatic heterocycles. The summed E-state index contributed by atoms with van der Waals surface area (Å²) in [6, 6.07) is 10.5. The van der Waals surface area contributed by atoms with E-state index in [1.54, 1.807) is 23.5 Å². The van der Waals surface area contributed by atoms with E-state index in [1.165, 1.54) is 12.1 Å². The number of carbonyl (C=O) groups excluding carboxylic acids is 1. The minimum Gasteiger partial charge on any atom is -0.368 e. The molecule has 2 saturated heterocycles. The summed E-state index contributed by atoms with van der Waals surface area (Å²) >= 11 is 1.58. The van der Waals surface area contributed by atoms with Gasteiger partial charge in [0.1, 0.15) is 5.82 Å². The van der Waals surface area contributed by atoms with Gasteiger partial charge in [-0.05, 0) is 49.2 Å². The number of piperidine rings is 1. The Kier molecular flexibility index (Phi) is 5.59. The molecule has 2 fully saturated rings. The van der Waals surface area contributed by atoms with Gasteiger partial charge in [0.2, 0.25) is 16.2 Å². The molecule has 0 atom stereocenters. The van der Waals surface area contributed by atoms with Gasteiger partial charge in [-0.3, -0.25) is 9.36 Å². The molecule has 0 radical (unpaired) electrons. The predicted octanol–water partition coefficient (Wildman–Crippen LogP) is 3.03. The molecule has 2 aliphatic rings. The lowest BCUT2D eigenvalue weighted by atomic mass is 9.95. The number of carbonyl (C=O) groups is 1. The zero-order chi connectivity index (χ0) is 21.2. The van der Waals surface area contributed by atoms with Gasteiger partial charge in [-0.15, -0.1) is 10.2 Å². The first-order valence-electron chi connectivity index (χ1n) is 10.7. The fourth-order valence-corrected chi connectivity index (χ4v) is 5.18. The van der Waals surface area contributed by atoms with Gasteiger partial charge in [0.05, 0.1) is 0 Å². The number of hydrogen-bond donors (Lipinski definition) is 0. The van der Waals surface area contributed by atoms with Crippen molar-refractivity contribution in [3.05, 3.63) is 54.6 Å². The number of benzene rings is 1. The van der Waals surface area contributed by atoms with Crippen LogP contribution in [-0.4, -0.2) is 64.8 Å². The standard InChI is InChI=1S/C22H25FN6OS/c23-18-3-5-19(6-4-18)26-13-15-27(16-14-26)20(30)17-7-11-29(12-8-17)22-25-24-21(31-22)28-9-1-2-10-28/h1-6,9-10,17H,7-8,11-16H2. The molecule has 5 rings (SSSR count). The number of amides is 1. The number of anilines is 2. The van der Waals surface area contributed by atoms with Crippen molar-refractivity contribution in [1.82, 2.24) is 19.7 Å². The maximum Gasteiger partial charge on any atom is 0.225 e. The molecule has 0 N–H and O–H groups in total. The van der Waals surface area contributed by atoms with Crippen LogP contribution in [0, 0.1) is 11.7 Å². The van der Waals surface area contributed by atoms with Crippen LogP contribution in [0.2, 0.25) is 0 Å². The van der Waals surface area contributed by atoms with Crippen LogP contribution in [0.5, 0.6) is 0 Å². The molecule has 1 amide bonds. The maximum absolute atomic E-state index is 13.1. The highest BCUT2D eigenvalue weighted by atomic mass is 32.1. The van der Waals surface area contributed by atoms with Crippen LogP contribution in [0.25, 0.3) is 5.13 Å². The first-order chi connectivity index (χ1) is 15.2. The fraction of sp³-hybridized carbons (Fsp3) is 0.409. The zero-order valence-corrected chi connectivity index (χ0v) is 18.0. The molecule has 31 heavy (non-hydrogen) atoms. The summed E-state index contributed by atoms with van der Waals surface area (Å²) < 4.78 is 15.1. The van der Waals surface area contributed by atoms with E-state index >= 15 is 0 Å². The average molecular weight is 441 g/mol. The molecular formula is C22H25FN6OS. The van der Waals surface area contributed by atoms with Crippen LogP contribution in [0.4, 0.5) is 15.2 Å². The van der Waals surface area contributed by atoms with Crippen molar-refractivity contribution < 1.29 is 9.18 Å². The predicted molar refractivity (Wildman–Crippen MR) is 119 cm³/mol. The Balaban J connectivity index is 1.12. The Morgan fingerprint density at radius 3 is 2.19 bits per heavy atom. The summed E-state index contributed by atoms with van der Waals surface area (Å²) in [5, 5.41) is 10.4. The Morgan fingerprint density at radius 2 is 1.52 bits per heavy atom. The lowest BCUT2D eigenvalue weighted by Gasteiger charge is -2.39. The minimum atomic E-state index is -0.224. The van der Waals surface area contributed by atoms with Crippen LogP contribution in [0.3, 0.4) is 0 Å². The second kappa shape index (κ2) is 8.66. The topological polar surface area (TPSA) is 57.5 Å². The van der Waals surface area contributed by atoms with Gasteiger partial charge < -0.3 is 14.7 Å². The summed E-state index contributed by atoms with van der Waals surface area (Å²) in [5.74, 6) is 0.118. The number of hydrogen-bond acceptors (Lipinski definition) is 6. The average Bonchev–Trinajstić information content (AvgIpc) is 3.52. The third-order valence-electron chi connectivity index (χ3n) is 6.13. The van der Waals surface area contributed by atoms with E-state index in [9.17, 15) is 9.18 Å². The van der Waals surface area contributed by atoms with E-state index in [2.05, 4.69) is 20.0 Å². The largest absolute Gasteiger partial charge is 0.368 e. The Morgan fingerprint density at radius 1 is 0.871 bits per heavy atom. The number of halogens is 1. The highest BCUT2D eigenvalue weighted by molar-refractivity contribution is 7.17. The van der Waals surface area contributed by atoms with Gasteiger partial charge in [0.15, 0.2) is 0 Å². The summed E-state index contributed by atoms with van der Waals surface area (Å²) in [4.78, 5) is 19.5. The van der Waals surface area contributed by atoms with E-state index < -0.39 is 0 Å². The molecule has 0 spiro atoms. The summed E-state index contributed by atoms with van der Waals surface area (Å²) in [5.41, 5.74) is 1.01. The smallest absolute Gasteiger partial charge is 0.225 e. The molecule has 4 heterocycles. The molecule has 3 aromatic rings. The zero-order valence-electron chi connectivity index (χ0n) is 17.2. The molecule has 162 valence electrons. The van der Waals surface area contributed by atoms with Crippen LogP contribution in [-0.2, 0) is 4.79 Å². The third kappa shape index (κ3) is 4.27. The quantitative estimate of drug-likeness (QED) is 0.624. The van der Waals surface area contributed by atoms with Gasteiger partial charge >= 0.3 is 0 Å². The SMILES string of the molecule is O=C(C1CCN(c2nnc(-n3cccc3)s2)CC1)N1CCN(c2ccc(F)cc2)CC1. The number of nitrogens with zero attached hydrogens (tertiary/aromatic N) is 6. The lowest BCUT2D eigenvalue weighted by Crippen LogP contribution is -2.51. The van der Waals surface area contributed by atoms with E-state index in [1.807, 2.05) is 34.0 Å². The van der Waals surface area contributed by atoms with E-state index in [0.29, 0.717) is 13.1 Å². The first-order valence-corrected chi connectivity index (χ1v) is 11.5. The molecule has 0 unspecified atom stereocenters. The molecule has 2 aliphatic heterocycles. The third-order valence-corrected chi connectivity index (χ3v) is 7.12. The number of piperazine rings is 1. The molecule has 7 nitrogen and oxygen atoms in total. The number of rotatable bonds is 4. The lowest BCUT2D eigenvalue weighted by molar-refractivity contribution is -0.136. The highest BCUT2D eigenvalue weighted by Gasteiger charge is 2.31. The summed E-state index contributed by atoms with van der Waals surface area (Å²) in [6.45, 7) is 4.64. The molecule has 1 aromatic carbocycles. The van der Waals surface area contributed by atoms with Crippen molar-refractivity contribution in [1.29, 1.82) is 0 Å². The van der Waals surface area contributed by atoms with Gasteiger partial charge in [0.25, 0.3) is 0 Å². The van der Waals surface area contributed by atoms with Gasteiger partial charge in [0, 0.05) is 63.3 Å². The monoisotopic (exact) mass is 440 g/mol. The van der Waals surface area contributed by atoms with Crippen LogP contribution in [0.15, 0.2) is 48.8 Å². The molecule has 9 heteroatoms. The van der Waals surface area contributed by atoms with Gasteiger partial charge in [-0.2, -0.15) is 0 Å². The normalized spacial score (nSPS) is 17.9. The highest BCUT2D eigenvalue weighted by Crippen LogP contribution is 2.29. The maximum atomic E-state index is 13.1. The first kappa shape index (κ1) is 20.0. The van der Waals surface area contributed by atoms with Crippen molar-refractivity contribution >= 4 is 28.1 Å². The second-order valence-corrected chi connectivity index (χ2v) is 8.94. The van der Waals surface area contributed by atoms with Crippen molar-refractivity contribution in [2.24, 2.45) is 5.92 Å². The fourth-order valence-electron chi connectivity index (χ4n) is 4.32.